The first-order valence-electron chi connectivity index (χ1n) is 6.76. The molecule has 0 aromatic heterocycles. The third kappa shape index (κ3) is 4.03. The van der Waals surface area contributed by atoms with Crippen LogP contribution in [0.4, 0.5) is 0 Å². The summed E-state index contributed by atoms with van der Waals surface area (Å²) in [5.74, 6) is 6.46. The molecule has 0 fully saturated rings. The summed E-state index contributed by atoms with van der Waals surface area (Å²) in [6.45, 7) is 7.09. The van der Waals surface area contributed by atoms with Gasteiger partial charge in [-0.2, -0.15) is 0 Å². The molecular weight excluding hydrogens is 276 g/mol. The van der Waals surface area contributed by atoms with E-state index in [1.807, 2.05) is 0 Å². The summed E-state index contributed by atoms with van der Waals surface area (Å²) in [4.78, 5) is 1.27. The van der Waals surface area contributed by atoms with Gasteiger partial charge in [0.2, 0.25) is 0 Å². The summed E-state index contributed by atoms with van der Waals surface area (Å²) >= 11 is 1.75. The number of hydrogen-bond acceptors (Lipinski definition) is 1. The van der Waals surface area contributed by atoms with Crippen LogP contribution in [-0.4, -0.2) is 14.3 Å². The Morgan fingerprint density at radius 1 is 0.750 bits per heavy atom. The van der Waals surface area contributed by atoms with Crippen molar-refractivity contribution < 1.29 is 0 Å². The van der Waals surface area contributed by atoms with E-state index < -0.39 is 8.07 Å². The first-order chi connectivity index (χ1) is 9.49. The van der Waals surface area contributed by atoms with Crippen molar-refractivity contribution in [3.63, 3.8) is 0 Å². The molecule has 0 atom stereocenters. The summed E-state index contributed by atoms with van der Waals surface area (Å²) in [7, 11) is -1.20. The fourth-order valence-electron chi connectivity index (χ4n) is 1.87. The fourth-order valence-corrected chi connectivity index (χ4v) is 3.45. The maximum atomic E-state index is 3.24. The van der Waals surface area contributed by atoms with Gasteiger partial charge in [0.1, 0.15) is 0 Å². The molecule has 0 saturated heterocycles. The molecule has 0 unspecified atom stereocenters. The molecule has 2 heteroatoms. The van der Waals surface area contributed by atoms with Gasteiger partial charge in [-0.05, 0) is 42.7 Å². The maximum absolute atomic E-state index is 3.24. The van der Waals surface area contributed by atoms with Crippen LogP contribution in [0, 0.1) is 11.8 Å². The second kappa shape index (κ2) is 6.34. The number of thioether (sulfide) groups is 1. The Balaban J connectivity index is 2.16. The lowest BCUT2D eigenvalue weighted by atomic mass is 10.2. The van der Waals surface area contributed by atoms with Crippen molar-refractivity contribution >= 4 is 25.0 Å². The van der Waals surface area contributed by atoms with Crippen molar-refractivity contribution in [2.24, 2.45) is 0 Å². The zero-order valence-corrected chi connectivity index (χ0v) is 14.3. The molecule has 0 heterocycles. The van der Waals surface area contributed by atoms with E-state index in [4.69, 9.17) is 0 Å². The van der Waals surface area contributed by atoms with Crippen LogP contribution >= 0.6 is 11.8 Å². The number of benzene rings is 2. The molecule has 2 rings (SSSR count). The van der Waals surface area contributed by atoms with E-state index >= 15 is 0 Å². The summed E-state index contributed by atoms with van der Waals surface area (Å²) in [5.41, 5.74) is 2.15. The van der Waals surface area contributed by atoms with Crippen LogP contribution in [0.2, 0.25) is 19.6 Å². The van der Waals surface area contributed by atoms with Crippen LogP contribution in [0.3, 0.4) is 0 Å². The maximum Gasteiger partial charge on any atom is 0.0775 e. The van der Waals surface area contributed by atoms with Crippen LogP contribution < -0.4 is 5.19 Å². The predicted molar refractivity (Wildman–Crippen MR) is 93.6 cm³/mol. The molecule has 20 heavy (non-hydrogen) atoms. The molecule has 2 aromatic carbocycles. The molecule has 0 radical (unpaired) electrons. The Bertz CT molecular complexity index is 622. The molecule has 0 aliphatic heterocycles. The summed E-state index contributed by atoms with van der Waals surface area (Å²) in [6, 6.07) is 17.1. The second-order valence-electron chi connectivity index (χ2n) is 5.81. The highest BCUT2D eigenvalue weighted by molar-refractivity contribution is 7.98. The van der Waals surface area contributed by atoms with Gasteiger partial charge in [0.25, 0.3) is 0 Å². The highest BCUT2D eigenvalue weighted by atomic mass is 32.2. The zero-order chi connectivity index (χ0) is 14.6. The van der Waals surface area contributed by atoms with Gasteiger partial charge in [-0.25, -0.2) is 0 Å². The number of rotatable bonds is 2. The average molecular weight is 297 g/mol. The summed E-state index contributed by atoms with van der Waals surface area (Å²) < 4.78 is 0. The van der Waals surface area contributed by atoms with E-state index in [0.29, 0.717) is 0 Å². The lowest BCUT2D eigenvalue weighted by Gasteiger charge is -2.15. The molecule has 0 spiro atoms. The van der Waals surface area contributed by atoms with E-state index in [-0.39, 0.29) is 0 Å². The third-order valence-corrected chi connectivity index (χ3v) is 6.00. The minimum atomic E-state index is -1.20. The van der Waals surface area contributed by atoms with Crippen LogP contribution in [-0.2, 0) is 0 Å². The van der Waals surface area contributed by atoms with Gasteiger partial charge in [-0.1, -0.05) is 48.8 Å². The van der Waals surface area contributed by atoms with Crippen LogP contribution in [0.25, 0.3) is 0 Å². The summed E-state index contributed by atoms with van der Waals surface area (Å²) in [6.07, 6.45) is 2.08. The number of hydrogen-bond donors (Lipinski definition) is 0. The van der Waals surface area contributed by atoms with Gasteiger partial charge in [0.05, 0.1) is 8.07 Å². The highest BCUT2D eigenvalue weighted by Crippen LogP contribution is 2.14. The molecule has 0 nitrogen and oxygen atoms in total. The van der Waals surface area contributed by atoms with Crippen molar-refractivity contribution in [1.82, 2.24) is 0 Å². The van der Waals surface area contributed by atoms with Crippen molar-refractivity contribution in [2.75, 3.05) is 6.26 Å². The molecular formula is C18H20SSi. The fraction of sp³-hybridized carbons (Fsp3) is 0.222. The molecule has 0 N–H and O–H groups in total. The lowest BCUT2D eigenvalue weighted by molar-refractivity contribution is 1.45. The minimum Gasteiger partial charge on any atom is -0.130 e. The molecule has 0 amide bonds. The molecule has 0 bridgehead atoms. The van der Waals surface area contributed by atoms with Gasteiger partial charge in [-0.3, -0.25) is 0 Å². The third-order valence-electron chi connectivity index (χ3n) is 3.19. The normalized spacial score (nSPS) is 10.8. The monoisotopic (exact) mass is 296 g/mol. The van der Waals surface area contributed by atoms with Crippen LogP contribution in [0.15, 0.2) is 53.4 Å². The molecule has 0 saturated carbocycles. The van der Waals surface area contributed by atoms with Gasteiger partial charge in [-0.15, -0.1) is 11.8 Å². The smallest absolute Gasteiger partial charge is 0.0775 e. The highest BCUT2D eigenvalue weighted by Gasteiger charge is 2.15. The van der Waals surface area contributed by atoms with Gasteiger partial charge in [0, 0.05) is 16.0 Å². The molecule has 0 aliphatic rings. The summed E-state index contributed by atoms with van der Waals surface area (Å²) in [5, 5.41) is 1.48. The molecule has 0 aliphatic carbocycles. The molecule has 102 valence electrons. The van der Waals surface area contributed by atoms with E-state index in [2.05, 4.69) is 86.3 Å². The largest absolute Gasteiger partial charge is 0.130 e. The second-order valence-corrected chi connectivity index (χ2v) is 11.8. The Morgan fingerprint density at radius 3 is 1.60 bits per heavy atom. The first kappa shape index (κ1) is 15.0. The topological polar surface area (TPSA) is 0 Å². The zero-order valence-electron chi connectivity index (χ0n) is 12.5. The first-order valence-corrected chi connectivity index (χ1v) is 11.5. The van der Waals surface area contributed by atoms with Gasteiger partial charge in [0.15, 0.2) is 0 Å². The SMILES string of the molecule is CSc1ccc(C#Cc2ccc([Si](C)(C)C)cc2)cc1. The Hall–Kier alpha value is -1.43. The van der Waals surface area contributed by atoms with E-state index in [1.165, 1.54) is 10.1 Å². The van der Waals surface area contributed by atoms with Crippen molar-refractivity contribution in [3.05, 3.63) is 59.7 Å². The lowest BCUT2D eigenvalue weighted by Crippen LogP contribution is -2.37. The van der Waals surface area contributed by atoms with E-state index in [9.17, 15) is 0 Å². The Morgan fingerprint density at radius 2 is 1.20 bits per heavy atom. The molecule has 2 aromatic rings. The van der Waals surface area contributed by atoms with E-state index in [0.717, 1.165) is 11.1 Å². The standard InChI is InChI=1S/C18H20SSi/c1-19-17-11-7-15(8-12-17)5-6-16-9-13-18(14-10-16)20(2,3)4/h7-14H,1-4H3. The average Bonchev–Trinajstić information content (AvgIpc) is 2.45. The van der Waals surface area contributed by atoms with Crippen LogP contribution in [0.1, 0.15) is 11.1 Å². The van der Waals surface area contributed by atoms with Crippen molar-refractivity contribution in [3.8, 4) is 11.8 Å². The van der Waals surface area contributed by atoms with Gasteiger partial charge < -0.3 is 0 Å². The quantitative estimate of drug-likeness (QED) is 0.451. The Labute approximate surface area is 127 Å². The van der Waals surface area contributed by atoms with Crippen LogP contribution in [0.5, 0.6) is 0 Å². The van der Waals surface area contributed by atoms with E-state index in [1.54, 1.807) is 11.8 Å². The Kier molecular flexibility index (Phi) is 4.75. The predicted octanol–water partition coefficient (Wildman–Crippen LogP) is 4.35. The van der Waals surface area contributed by atoms with Gasteiger partial charge >= 0.3 is 0 Å². The van der Waals surface area contributed by atoms with Crippen molar-refractivity contribution in [1.29, 1.82) is 0 Å². The minimum absolute atomic E-state index is 1.07. The van der Waals surface area contributed by atoms with Crippen molar-refractivity contribution in [2.45, 2.75) is 24.5 Å².